The lowest BCUT2D eigenvalue weighted by molar-refractivity contribution is 0.193. The fraction of sp³-hybridized carbons (Fsp3) is 0.190. The summed E-state index contributed by atoms with van der Waals surface area (Å²) >= 11 is 0. The Hall–Kier alpha value is -2.81. The van der Waals surface area contributed by atoms with Crippen molar-refractivity contribution < 1.29 is 4.84 Å². The first-order chi connectivity index (χ1) is 11.9. The summed E-state index contributed by atoms with van der Waals surface area (Å²) in [5.41, 5.74) is 5.58. The summed E-state index contributed by atoms with van der Waals surface area (Å²) in [7, 11) is 0. The van der Waals surface area contributed by atoms with Crippen LogP contribution in [0.1, 0.15) is 24.0 Å². The van der Waals surface area contributed by atoms with Crippen molar-refractivity contribution >= 4 is 27.9 Å². The van der Waals surface area contributed by atoms with Crippen LogP contribution in [-0.4, -0.2) is 6.34 Å². The molecular weight excluding hydrogens is 296 g/mol. The molecule has 2 aliphatic rings. The second-order valence-corrected chi connectivity index (χ2v) is 6.09. The smallest absolute Gasteiger partial charge is 0.137 e. The highest BCUT2D eigenvalue weighted by Crippen LogP contribution is 2.33. The lowest BCUT2D eigenvalue weighted by Gasteiger charge is -2.18. The number of hydrogen-bond acceptors (Lipinski definition) is 3. The van der Waals surface area contributed by atoms with Crippen LogP contribution in [0.2, 0.25) is 0 Å². The maximum Gasteiger partial charge on any atom is 0.137 e. The van der Waals surface area contributed by atoms with Crippen LogP contribution in [0, 0.1) is 0 Å². The van der Waals surface area contributed by atoms with Crippen molar-refractivity contribution in [2.24, 2.45) is 4.99 Å². The Morgan fingerprint density at radius 2 is 1.71 bits per heavy atom. The third kappa shape index (κ3) is 2.85. The molecule has 0 saturated carbocycles. The van der Waals surface area contributed by atoms with Gasteiger partial charge in [-0.1, -0.05) is 48.5 Å². The van der Waals surface area contributed by atoms with Gasteiger partial charge in [-0.3, -0.25) is 0 Å². The maximum atomic E-state index is 4.49. The second-order valence-electron chi connectivity index (χ2n) is 6.09. The molecule has 0 spiro atoms. The van der Waals surface area contributed by atoms with Crippen LogP contribution in [0.15, 0.2) is 66.0 Å². The molecule has 0 atom stereocenters. The molecule has 0 bridgehead atoms. The average molecular weight is 316 g/mol. The van der Waals surface area contributed by atoms with Crippen LogP contribution in [0.25, 0.3) is 21.5 Å². The molecule has 0 radical (unpaired) electrons. The number of hydroxylamine groups is 1. The summed E-state index contributed by atoms with van der Waals surface area (Å²) < 4.78 is 0. The predicted octanol–water partition coefficient (Wildman–Crippen LogP) is 4.89. The summed E-state index contributed by atoms with van der Waals surface area (Å²) in [6.07, 6.45) is 9.69. The highest BCUT2D eigenvalue weighted by Gasteiger charge is 2.13. The van der Waals surface area contributed by atoms with E-state index in [1.807, 2.05) is 0 Å². The zero-order valence-electron chi connectivity index (χ0n) is 13.5. The summed E-state index contributed by atoms with van der Waals surface area (Å²) in [5, 5.41) is 5.64. The topological polar surface area (TPSA) is 33.6 Å². The Morgan fingerprint density at radius 1 is 0.833 bits per heavy atom. The van der Waals surface area contributed by atoms with E-state index < -0.39 is 0 Å². The molecule has 3 nitrogen and oxygen atoms in total. The standard InChI is InChI=1S/C18H16.C3H4N2O/c1-3-7-15-13(5-1)9-11-18-16-8-4-2-6-14(16)10-12-17(15)18;1-2-6-5-3-4-1/h1,3,5,7,9-12H,2,4,6,8H2;1-3H,(H,4,5). The Labute approximate surface area is 141 Å². The Bertz CT molecular complexity index is 916. The molecule has 1 aliphatic carbocycles. The molecule has 0 aromatic heterocycles. The van der Waals surface area contributed by atoms with Gasteiger partial charge < -0.3 is 4.84 Å². The third-order valence-corrected chi connectivity index (χ3v) is 4.67. The van der Waals surface area contributed by atoms with Gasteiger partial charge >= 0.3 is 0 Å². The average Bonchev–Trinajstić information content (AvgIpc) is 2.69. The largest absolute Gasteiger partial charge is 0.387 e. The molecule has 0 fully saturated rings. The quantitative estimate of drug-likeness (QED) is 0.599. The zero-order chi connectivity index (χ0) is 16.2. The summed E-state index contributed by atoms with van der Waals surface area (Å²) in [4.78, 5) is 8.12. The third-order valence-electron chi connectivity index (χ3n) is 4.67. The fourth-order valence-electron chi connectivity index (χ4n) is 3.55. The molecule has 1 N–H and O–H groups in total. The van der Waals surface area contributed by atoms with Crippen LogP contribution < -0.4 is 5.48 Å². The van der Waals surface area contributed by atoms with E-state index in [9.17, 15) is 0 Å². The van der Waals surface area contributed by atoms with E-state index in [0.29, 0.717) is 0 Å². The van der Waals surface area contributed by atoms with E-state index in [-0.39, 0.29) is 0 Å². The first-order valence-corrected chi connectivity index (χ1v) is 8.43. The molecule has 0 amide bonds. The number of rotatable bonds is 0. The Balaban J connectivity index is 0.000000207. The van der Waals surface area contributed by atoms with Crippen LogP contribution in [-0.2, 0) is 17.7 Å². The van der Waals surface area contributed by atoms with Crippen LogP contribution >= 0.6 is 0 Å². The molecule has 3 aromatic carbocycles. The van der Waals surface area contributed by atoms with Crippen molar-refractivity contribution in [3.63, 3.8) is 0 Å². The molecular formula is C21H20N2O. The molecule has 5 rings (SSSR count). The van der Waals surface area contributed by atoms with Crippen molar-refractivity contribution in [3.05, 3.63) is 72.1 Å². The van der Waals surface area contributed by atoms with Crippen molar-refractivity contribution in [3.8, 4) is 0 Å². The Kier molecular flexibility index (Phi) is 4.15. The molecule has 120 valence electrons. The van der Waals surface area contributed by atoms with E-state index >= 15 is 0 Å². The molecule has 3 aromatic rings. The van der Waals surface area contributed by atoms with Gasteiger partial charge in [-0.25, -0.2) is 10.5 Å². The van der Waals surface area contributed by atoms with Gasteiger partial charge in [0.2, 0.25) is 0 Å². The van der Waals surface area contributed by atoms with Crippen LogP contribution in [0.3, 0.4) is 0 Å². The normalized spacial score (nSPS) is 15.2. The minimum Gasteiger partial charge on any atom is -0.387 e. The first-order valence-electron chi connectivity index (χ1n) is 8.43. The van der Waals surface area contributed by atoms with E-state index in [0.717, 1.165) is 0 Å². The fourth-order valence-corrected chi connectivity index (χ4v) is 3.55. The number of benzene rings is 3. The van der Waals surface area contributed by atoms with E-state index in [4.69, 9.17) is 0 Å². The summed E-state index contributed by atoms with van der Waals surface area (Å²) in [6.45, 7) is 0. The molecule has 24 heavy (non-hydrogen) atoms. The number of aliphatic imine (C=N–C) groups is 1. The molecule has 3 heteroatoms. The molecule has 1 heterocycles. The summed E-state index contributed by atoms with van der Waals surface area (Å²) in [5.74, 6) is 0. The van der Waals surface area contributed by atoms with Gasteiger partial charge in [0.1, 0.15) is 12.6 Å². The van der Waals surface area contributed by atoms with Gasteiger partial charge in [-0.2, -0.15) is 0 Å². The van der Waals surface area contributed by atoms with E-state index in [2.05, 4.69) is 63.8 Å². The SMILES string of the molecule is C1=CONC=N1.c1ccc2c(c1)ccc1c3c(ccc12)CCCC3. The highest BCUT2D eigenvalue weighted by atomic mass is 16.6. The molecule has 0 unspecified atom stereocenters. The van der Waals surface area contributed by atoms with E-state index in [1.165, 1.54) is 59.8 Å². The number of fused-ring (bicyclic) bond motifs is 5. The second kappa shape index (κ2) is 6.75. The number of nitrogens with one attached hydrogen (secondary N) is 1. The predicted molar refractivity (Wildman–Crippen MR) is 99.9 cm³/mol. The Morgan fingerprint density at radius 3 is 2.50 bits per heavy atom. The van der Waals surface area contributed by atoms with E-state index in [1.54, 1.807) is 17.3 Å². The van der Waals surface area contributed by atoms with Gasteiger partial charge in [0.05, 0.1) is 6.20 Å². The van der Waals surface area contributed by atoms with Crippen molar-refractivity contribution in [1.29, 1.82) is 0 Å². The number of hydrogen-bond donors (Lipinski definition) is 1. The minimum absolute atomic E-state index is 1.25. The van der Waals surface area contributed by atoms with Gasteiger partial charge in [-0.15, -0.1) is 0 Å². The maximum absolute atomic E-state index is 4.49. The first kappa shape index (κ1) is 14.8. The lowest BCUT2D eigenvalue weighted by Crippen LogP contribution is -2.08. The number of nitrogens with zero attached hydrogens (tertiary/aromatic N) is 1. The van der Waals surface area contributed by atoms with Crippen molar-refractivity contribution in [2.45, 2.75) is 25.7 Å². The van der Waals surface area contributed by atoms with Crippen LogP contribution in [0.4, 0.5) is 0 Å². The van der Waals surface area contributed by atoms with Crippen molar-refractivity contribution in [2.75, 3.05) is 0 Å². The monoisotopic (exact) mass is 316 g/mol. The number of aryl methyl sites for hydroxylation is 2. The summed E-state index contributed by atoms with van der Waals surface area (Å²) in [6, 6.07) is 18.0. The van der Waals surface area contributed by atoms with Gasteiger partial charge in [0.25, 0.3) is 0 Å². The molecule has 1 aliphatic heterocycles. The zero-order valence-corrected chi connectivity index (χ0v) is 13.5. The van der Waals surface area contributed by atoms with Gasteiger partial charge in [0, 0.05) is 0 Å². The van der Waals surface area contributed by atoms with Gasteiger partial charge in [-0.05, 0) is 58.4 Å². The highest BCUT2D eigenvalue weighted by molar-refractivity contribution is 6.08. The molecule has 0 saturated heterocycles. The lowest BCUT2D eigenvalue weighted by atomic mass is 9.86. The van der Waals surface area contributed by atoms with Gasteiger partial charge in [0.15, 0.2) is 0 Å². The van der Waals surface area contributed by atoms with Crippen molar-refractivity contribution in [1.82, 2.24) is 5.48 Å². The minimum atomic E-state index is 1.25. The van der Waals surface area contributed by atoms with Crippen LogP contribution in [0.5, 0.6) is 0 Å².